The van der Waals surface area contributed by atoms with Crippen LogP contribution < -0.4 is 5.56 Å². The molecule has 4 rings (SSSR count). The van der Waals surface area contributed by atoms with Gasteiger partial charge < -0.3 is 4.98 Å². The molecule has 1 N–H and O–H groups in total. The zero-order valence-electron chi connectivity index (χ0n) is 14.3. The van der Waals surface area contributed by atoms with Gasteiger partial charge in [-0.15, -0.1) is 0 Å². The fourth-order valence-electron chi connectivity index (χ4n) is 4.02. The number of H-pyrrole nitrogens is 1. The van der Waals surface area contributed by atoms with E-state index in [1.807, 2.05) is 24.1 Å². The monoisotopic (exact) mass is 327 g/mol. The summed E-state index contributed by atoms with van der Waals surface area (Å²) in [7, 11) is 1.93. The maximum Gasteiger partial charge on any atom is 0.255 e. The van der Waals surface area contributed by atoms with Crippen molar-refractivity contribution in [2.24, 2.45) is 7.05 Å². The number of fused-ring (bicyclic) bond motifs is 1. The van der Waals surface area contributed by atoms with Crippen LogP contribution in [0.4, 0.5) is 0 Å². The maximum absolute atomic E-state index is 12.6. The van der Waals surface area contributed by atoms with Crippen molar-refractivity contribution in [3.63, 3.8) is 0 Å². The van der Waals surface area contributed by atoms with Crippen LogP contribution in [0.3, 0.4) is 0 Å². The summed E-state index contributed by atoms with van der Waals surface area (Å²) in [5.41, 5.74) is 3.12. The molecule has 0 radical (unpaired) electrons. The van der Waals surface area contributed by atoms with Gasteiger partial charge in [-0.1, -0.05) is 19.3 Å². The summed E-state index contributed by atoms with van der Waals surface area (Å²) in [4.78, 5) is 22.8. The molecule has 24 heavy (non-hydrogen) atoms. The Kier molecular flexibility index (Phi) is 4.22. The molecule has 0 spiro atoms. The number of aryl methyl sites for hydroxylation is 1. The van der Waals surface area contributed by atoms with Gasteiger partial charge in [-0.25, -0.2) is 4.98 Å². The minimum Gasteiger partial charge on any atom is -0.310 e. The van der Waals surface area contributed by atoms with Crippen LogP contribution in [0.2, 0.25) is 0 Å². The highest BCUT2D eigenvalue weighted by Crippen LogP contribution is 2.30. The molecular weight excluding hydrogens is 302 g/mol. The van der Waals surface area contributed by atoms with Gasteiger partial charge in [0.05, 0.1) is 17.5 Å². The van der Waals surface area contributed by atoms with Crippen molar-refractivity contribution in [1.82, 2.24) is 24.6 Å². The first-order valence-corrected chi connectivity index (χ1v) is 9.01. The topological polar surface area (TPSA) is 66.8 Å². The van der Waals surface area contributed by atoms with Crippen LogP contribution in [0.1, 0.15) is 60.7 Å². The first-order chi connectivity index (χ1) is 11.7. The quantitative estimate of drug-likeness (QED) is 0.937. The molecule has 2 aliphatic rings. The number of nitrogens with one attached hydrogen (secondary N) is 1. The number of aromatic nitrogens is 4. The fraction of sp³-hybridized carbons (Fsp3) is 0.611. The van der Waals surface area contributed by atoms with Crippen molar-refractivity contribution >= 4 is 0 Å². The van der Waals surface area contributed by atoms with Crippen LogP contribution in [0, 0.1) is 0 Å². The van der Waals surface area contributed by atoms with Crippen molar-refractivity contribution in [2.45, 2.75) is 57.5 Å². The molecule has 1 aliphatic heterocycles. The number of hydrogen-bond donors (Lipinski definition) is 1. The van der Waals surface area contributed by atoms with Gasteiger partial charge in [0.2, 0.25) is 0 Å². The molecule has 6 heteroatoms. The normalized spacial score (nSPS) is 19.4. The van der Waals surface area contributed by atoms with E-state index in [0.717, 1.165) is 49.4 Å². The third-order valence-electron chi connectivity index (χ3n) is 5.32. The van der Waals surface area contributed by atoms with Crippen LogP contribution >= 0.6 is 0 Å². The summed E-state index contributed by atoms with van der Waals surface area (Å²) in [5, 5.41) is 4.22. The predicted octanol–water partition coefficient (Wildman–Crippen LogP) is 2.11. The maximum atomic E-state index is 12.6. The highest BCUT2D eigenvalue weighted by atomic mass is 16.1. The molecule has 0 amide bonds. The smallest absolute Gasteiger partial charge is 0.255 e. The Hall–Kier alpha value is -1.95. The molecule has 2 aromatic heterocycles. The van der Waals surface area contributed by atoms with Crippen LogP contribution in [0.15, 0.2) is 17.2 Å². The summed E-state index contributed by atoms with van der Waals surface area (Å²) in [6, 6.07) is 0. The van der Waals surface area contributed by atoms with Gasteiger partial charge in [-0.05, 0) is 12.8 Å². The first-order valence-electron chi connectivity index (χ1n) is 9.01. The molecule has 1 saturated carbocycles. The minimum atomic E-state index is 0.0662. The molecule has 0 saturated heterocycles. The largest absolute Gasteiger partial charge is 0.310 e. The van der Waals surface area contributed by atoms with Gasteiger partial charge in [-0.3, -0.25) is 14.4 Å². The summed E-state index contributed by atoms with van der Waals surface area (Å²) in [6.45, 7) is 2.46. The molecule has 1 fully saturated rings. The number of nitrogens with zero attached hydrogens (tertiary/aromatic N) is 4. The van der Waals surface area contributed by atoms with Crippen molar-refractivity contribution in [3.8, 4) is 0 Å². The molecule has 3 heterocycles. The Bertz CT molecular complexity index is 772. The molecular formula is C18H25N5O. The minimum absolute atomic E-state index is 0.0662. The van der Waals surface area contributed by atoms with Gasteiger partial charge in [0.15, 0.2) is 0 Å². The lowest BCUT2D eigenvalue weighted by Gasteiger charge is -2.28. The van der Waals surface area contributed by atoms with E-state index in [-0.39, 0.29) is 5.56 Å². The van der Waals surface area contributed by atoms with Crippen molar-refractivity contribution in [3.05, 3.63) is 45.4 Å². The molecule has 0 atom stereocenters. The average molecular weight is 327 g/mol. The van der Waals surface area contributed by atoms with E-state index in [4.69, 9.17) is 4.98 Å². The Morgan fingerprint density at radius 2 is 2.12 bits per heavy atom. The van der Waals surface area contributed by atoms with Crippen LogP contribution in [0.5, 0.6) is 0 Å². The second-order valence-corrected chi connectivity index (χ2v) is 7.19. The SMILES string of the molecule is Cn1cc(CN2CCc3nc(C4CCCCC4)[nH]c(=O)c3C2)cn1. The van der Waals surface area contributed by atoms with E-state index in [1.54, 1.807) is 0 Å². The van der Waals surface area contributed by atoms with Gasteiger partial charge >= 0.3 is 0 Å². The first kappa shape index (κ1) is 15.6. The van der Waals surface area contributed by atoms with Gasteiger partial charge in [0.25, 0.3) is 5.56 Å². The second-order valence-electron chi connectivity index (χ2n) is 7.19. The van der Waals surface area contributed by atoms with Gasteiger partial charge in [-0.2, -0.15) is 5.10 Å². The zero-order valence-corrected chi connectivity index (χ0v) is 14.3. The van der Waals surface area contributed by atoms with E-state index in [0.29, 0.717) is 12.5 Å². The third kappa shape index (κ3) is 3.15. The standard InChI is InChI=1S/C18H25N5O/c1-22-10-13(9-19-22)11-23-8-7-16-15(12-23)18(24)21-17(20-16)14-5-3-2-4-6-14/h9-10,14H,2-8,11-12H2,1H3,(H,20,21,24). The number of hydrogen-bond acceptors (Lipinski definition) is 4. The lowest BCUT2D eigenvalue weighted by Crippen LogP contribution is -2.36. The number of rotatable bonds is 3. The van der Waals surface area contributed by atoms with E-state index in [1.165, 1.54) is 24.8 Å². The second kappa shape index (κ2) is 6.51. The molecule has 128 valence electrons. The highest BCUT2D eigenvalue weighted by molar-refractivity contribution is 5.22. The summed E-state index contributed by atoms with van der Waals surface area (Å²) in [5.74, 6) is 1.38. The van der Waals surface area contributed by atoms with Gasteiger partial charge in [0.1, 0.15) is 5.82 Å². The zero-order chi connectivity index (χ0) is 16.5. The van der Waals surface area contributed by atoms with Crippen molar-refractivity contribution < 1.29 is 0 Å². The molecule has 0 unspecified atom stereocenters. The predicted molar refractivity (Wildman–Crippen MR) is 91.7 cm³/mol. The Balaban J connectivity index is 1.52. The fourth-order valence-corrected chi connectivity index (χ4v) is 4.02. The summed E-state index contributed by atoms with van der Waals surface area (Å²) < 4.78 is 1.82. The molecule has 0 bridgehead atoms. The van der Waals surface area contributed by atoms with E-state index in [2.05, 4.69) is 15.0 Å². The Morgan fingerprint density at radius 3 is 2.88 bits per heavy atom. The molecule has 1 aliphatic carbocycles. The summed E-state index contributed by atoms with van der Waals surface area (Å²) >= 11 is 0. The molecule has 6 nitrogen and oxygen atoms in total. The van der Waals surface area contributed by atoms with Gasteiger partial charge in [0, 0.05) is 50.8 Å². The van der Waals surface area contributed by atoms with Crippen molar-refractivity contribution in [2.75, 3.05) is 6.54 Å². The molecule has 0 aromatic carbocycles. The Labute approximate surface area is 141 Å². The number of aromatic amines is 1. The highest BCUT2D eigenvalue weighted by Gasteiger charge is 2.24. The van der Waals surface area contributed by atoms with E-state index >= 15 is 0 Å². The van der Waals surface area contributed by atoms with Crippen LogP contribution in [-0.2, 0) is 26.6 Å². The van der Waals surface area contributed by atoms with Crippen molar-refractivity contribution in [1.29, 1.82) is 0 Å². The average Bonchev–Trinajstić information content (AvgIpc) is 3.01. The lowest BCUT2D eigenvalue weighted by atomic mass is 9.88. The third-order valence-corrected chi connectivity index (χ3v) is 5.32. The van der Waals surface area contributed by atoms with Crippen LogP contribution in [0.25, 0.3) is 0 Å². The van der Waals surface area contributed by atoms with E-state index < -0.39 is 0 Å². The Morgan fingerprint density at radius 1 is 1.29 bits per heavy atom. The van der Waals surface area contributed by atoms with E-state index in [9.17, 15) is 4.79 Å². The summed E-state index contributed by atoms with van der Waals surface area (Å²) in [6.07, 6.45) is 10.9. The van der Waals surface area contributed by atoms with Crippen LogP contribution in [-0.4, -0.2) is 31.2 Å². The molecule has 2 aromatic rings. The lowest BCUT2D eigenvalue weighted by molar-refractivity contribution is 0.241.